The van der Waals surface area contributed by atoms with Gasteiger partial charge in [0.15, 0.2) is 0 Å². The number of rotatable bonds is 12. The predicted molar refractivity (Wildman–Crippen MR) is 145 cm³/mol. The molecule has 0 saturated heterocycles. The van der Waals surface area contributed by atoms with E-state index in [1.165, 1.54) is 6.92 Å². The standard InChI is InChI=1S/C29H36F3N3O6/c1-5-40-26(38)23(18-29(30,31)32)34-24(36)21(16-19-12-8-6-9-13-19)33-25(37)22(17-20-14-10-7-11-15-20)35-27(39)41-28(2,3)4/h6-15,21-23H,5,16-18H2,1-4H3,(H,33,37)(H,34,36)(H,35,39)/t21-,22-,23?/m1/s1. The number of alkyl halides is 3. The molecule has 2 rings (SSSR count). The fraction of sp³-hybridized carbons (Fsp3) is 0.448. The zero-order valence-electron chi connectivity index (χ0n) is 23.4. The number of hydrogen-bond donors (Lipinski definition) is 3. The molecule has 41 heavy (non-hydrogen) atoms. The fourth-order valence-corrected chi connectivity index (χ4v) is 3.78. The highest BCUT2D eigenvalue weighted by molar-refractivity contribution is 5.93. The number of alkyl carbamates (subject to hydrolysis) is 1. The van der Waals surface area contributed by atoms with Crippen LogP contribution in [-0.2, 0) is 36.7 Å². The monoisotopic (exact) mass is 579 g/mol. The van der Waals surface area contributed by atoms with Crippen molar-refractivity contribution >= 4 is 23.9 Å². The van der Waals surface area contributed by atoms with Crippen LogP contribution in [0.5, 0.6) is 0 Å². The molecule has 1 unspecified atom stereocenters. The first-order chi connectivity index (χ1) is 19.2. The van der Waals surface area contributed by atoms with Crippen LogP contribution in [0.25, 0.3) is 0 Å². The summed E-state index contributed by atoms with van der Waals surface area (Å²) in [5, 5.41) is 7.13. The number of nitrogens with one attached hydrogen (secondary N) is 3. The molecule has 0 saturated carbocycles. The molecule has 3 amide bonds. The maximum absolute atomic E-state index is 13.5. The Morgan fingerprint density at radius 1 is 0.732 bits per heavy atom. The van der Waals surface area contributed by atoms with Gasteiger partial charge in [0, 0.05) is 12.8 Å². The van der Waals surface area contributed by atoms with Crippen LogP contribution in [0.15, 0.2) is 60.7 Å². The van der Waals surface area contributed by atoms with E-state index in [1.54, 1.807) is 81.4 Å². The Morgan fingerprint density at radius 3 is 1.59 bits per heavy atom. The van der Waals surface area contributed by atoms with E-state index in [9.17, 15) is 32.3 Å². The molecule has 0 aliphatic carbocycles. The summed E-state index contributed by atoms with van der Waals surface area (Å²) < 4.78 is 49.6. The largest absolute Gasteiger partial charge is 0.464 e. The van der Waals surface area contributed by atoms with Crippen molar-refractivity contribution in [3.63, 3.8) is 0 Å². The summed E-state index contributed by atoms with van der Waals surface area (Å²) in [6.45, 7) is 6.19. The highest BCUT2D eigenvalue weighted by atomic mass is 19.4. The van der Waals surface area contributed by atoms with E-state index >= 15 is 0 Å². The van der Waals surface area contributed by atoms with Crippen LogP contribution in [0.4, 0.5) is 18.0 Å². The minimum absolute atomic E-state index is 0.0329. The third-order valence-corrected chi connectivity index (χ3v) is 5.53. The number of benzene rings is 2. The number of ether oxygens (including phenoxy) is 2. The van der Waals surface area contributed by atoms with Crippen LogP contribution in [0.1, 0.15) is 45.2 Å². The lowest BCUT2D eigenvalue weighted by atomic mass is 10.0. The molecule has 3 N–H and O–H groups in total. The van der Waals surface area contributed by atoms with E-state index in [-0.39, 0.29) is 19.4 Å². The van der Waals surface area contributed by atoms with Crippen LogP contribution >= 0.6 is 0 Å². The minimum Gasteiger partial charge on any atom is -0.464 e. The van der Waals surface area contributed by atoms with Crippen molar-refractivity contribution in [2.24, 2.45) is 0 Å². The Bertz CT molecular complexity index is 1150. The van der Waals surface area contributed by atoms with Crippen LogP contribution in [0, 0.1) is 0 Å². The zero-order valence-corrected chi connectivity index (χ0v) is 23.4. The van der Waals surface area contributed by atoms with Crippen molar-refractivity contribution in [2.75, 3.05) is 6.61 Å². The first-order valence-corrected chi connectivity index (χ1v) is 13.1. The van der Waals surface area contributed by atoms with Crippen molar-refractivity contribution in [3.05, 3.63) is 71.8 Å². The van der Waals surface area contributed by atoms with E-state index in [4.69, 9.17) is 9.47 Å². The van der Waals surface area contributed by atoms with Crippen molar-refractivity contribution in [3.8, 4) is 0 Å². The van der Waals surface area contributed by atoms with E-state index < -0.39 is 60.2 Å². The smallest absolute Gasteiger partial charge is 0.408 e. The van der Waals surface area contributed by atoms with Gasteiger partial charge in [-0.05, 0) is 38.8 Å². The summed E-state index contributed by atoms with van der Waals surface area (Å²) in [6, 6.07) is 12.6. The number of hydrogen-bond acceptors (Lipinski definition) is 6. The van der Waals surface area contributed by atoms with Gasteiger partial charge in [0.25, 0.3) is 0 Å². The molecule has 0 aliphatic rings. The minimum atomic E-state index is -4.78. The molecule has 3 atom stereocenters. The summed E-state index contributed by atoms with van der Waals surface area (Å²) in [7, 11) is 0. The van der Waals surface area contributed by atoms with Crippen molar-refractivity contribution < 1.29 is 41.8 Å². The number of amides is 3. The van der Waals surface area contributed by atoms with E-state index in [0.29, 0.717) is 11.1 Å². The lowest BCUT2D eigenvalue weighted by molar-refractivity contribution is -0.163. The second kappa shape index (κ2) is 15.1. The first kappa shape index (κ1) is 33.1. The number of carbonyl (C=O) groups is 4. The summed E-state index contributed by atoms with van der Waals surface area (Å²) in [6.07, 6.45) is -7.37. The van der Waals surface area contributed by atoms with Gasteiger partial charge in [-0.15, -0.1) is 0 Å². The number of halogens is 3. The third kappa shape index (κ3) is 12.7. The molecule has 2 aromatic carbocycles. The molecule has 0 heterocycles. The van der Waals surface area contributed by atoms with E-state index in [1.807, 2.05) is 0 Å². The molecule has 0 spiro atoms. The second-order valence-electron chi connectivity index (χ2n) is 10.3. The van der Waals surface area contributed by atoms with Gasteiger partial charge in [-0.2, -0.15) is 13.2 Å². The summed E-state index contributed by atoms with van der Waals surface area (Å²) >= 11 is 0. The van der Waals surface area contributed by atoms with Gasteiger partial charge in [-0.3, -0.25) is 9.59 Å². The lowest BCUT2D eigenvalue weighted by Crippen LogP contribution is -2.57. The molecule has 0 radical (unpaired) electrons. The Kier molecular flexibility index (Phi) is 12.2. The first-order valence-electron chi connectivity index (χ1n) is 13.1. The normalized spacial score (nSPS) is 13.7. The second-order valence-corrected chi connectivity index (χ2v) is 10.3. The van der Waals surface area contributed by atoms with E-state index in [2.05, 4.69) is 16.0 Å². The van der Waals surface area contributed by atoms with Crippen LogP contribution < -0.4 is 16.0 Å². The van der Waals surface area contributed by atoms with Crippen LogP contribution in [-0.4, -0.2) is 60.4 Å². The SMILES string of the molecule is CCOC(=O)C(CC(F)(F)F)NC(=O)[C@@H](Cc1ccccc1)NC(=O)[C@@H](Cc1ccccc1)NC(=O)OC(C)(C)C. The molecular weight excluding hydrogens is 543 g/mol. The molecule has 224 valence electrons. The Labute approximate surface area is 237 Å². The van der Waals surface area contributed by atoms with Gasteiger partial charge in [0.1, 0.15) is 23.7 Å². The molecule has 0 fully saturated rings. The predicted octanol–water partition coefficient (Wildman–Crippen LogP) is 3.85. The van der Waals surface area contributed by atoms with Crippen LogP contribution in [0.3, 0.4) is 0 Å². The molecule has 0 aliphatic heterocycles. The molecule has 12 heteroatoms. The maximum Gasteiger partial charge on any atom is 0.408 e. The van der Waals surface area contributed by atoms with Gasteiger partial charge in [-0.25, -0.2) is 9.59 Å². The molecular formula is C29H36F3N3O6. The van der Waals surface area contributed by atoms with Crippen molar-refractivity contribution in [1.29, 1.82) is 0 Å². The van der Waals surface area contributed by atoms with Gasteiger partial charge in [-0.1, -0.05) is 60.7 Å². The lowest BCUT2D eigenvalue weighted by Gasteiger charge is -2.26. The fourth-order valence-electron chi connectivity index (χ4n) is 3.78. The summed E-state index contributed by atoms with van der Waals surface area (Å²) in [4.78, 5) is 51.5. The quantitative estimate of drug-likeness (QED) is 0.329. The number of esters is 1. The summed E-state index contributed by atoms with van der Waals surface area (Å²) in [5.41, 5.74) is 0.435. The molecule has 2 aromatic rings. The Balaban J connectivity index is 2.33. The van der Waals surface area contributed by atoms with Gasteiger partial charge in [0.05, 0.1) is 13.0 Å². The van der Waals surface area contributed by atoms with E-state index in [0.717, 1.165) is 0 Å². The Morgan fingerprint density at radius 2 is 1.17 bits per heavy atom. The van der Waals surface area contributed by atoms with Gasteiger partial charge in [0.2, 0.25) is 11.8 Å². The molecule has 0 bridgehead atoms. The average Bonchev–Trinajstić information content (AvgIpc) is 2.87. The van der Waals surface area contributed by atoms with Crippen LogP contribution in [0.2, 0.25) is 0 Å². The topological polar surface area (TPSA) is 123 Å². The van der Waals surface area contributed by atoms with Crippen molar-refractivity contribution in [2.45, 2.75) is 76.9 Å². The highest BCUT2D eigenvalue weighted by Crippen LogP contribution is 2.22. The summed E-state index contributed by atoms with van der Waals surface area (Å²) in [5.74, 6) is -3.06. The van der Waals surface area contributed by atoms with Crippen molar-refractivity contribution in [1.82, 2.24) is 16.0 Å². The number of carbonyl (C=O) groups excluding carboxylic acids is 4. The average molecular weight is 580 g/mol. The highest BCUT2D eigenvalue weighted by Gasteiger charge is 2.38. The Hall–Kier alpha value is -4.09. The third-order valence-electron chi connectivity index (χ3n) is 5.53. The molecule has 9 nitrogen and oxygen atoms in total. The van der Waals surface area contributed by atoms with Gasteiger partial charge < -0.3 is 25.4 Å². The zero-order chi connectivity index (χ0) is 30.6. The maximum atomic E-state index is 13.5. The molecule has 0 aromatic heterocycles. The van der Waals surface area contributed by atoms with Gasteiger partial charge >= 0.3 is 18.2 Å².